The van der Waals surface area contributed by atoms with Crippen LogP contribution in [0.25, 0.3) is 0 Å². The molecule has 0 aromatic carbocycles. The van der Waals surface area contributed by atoms with E-state index in [1.54, 1.807) is 0 Å². The van der Waals surface area contributed by atoms with Gasteiger partial charge in [0.05, 0.1) is 12.2 Å². The Morgan fingerprint density at radius 3 is 2.61 bits per heavy atom. The molecule has 5 unspecified atom stereocenters. The maximum Gasteiger partial charge on any atom is 0.191 e. The van der Waals surface area contributed by atoms with Crippen molar-refractivity contribution >= 4 is 5.96 Å². The Labute approximate surface area is 139 Å². The Hall–Kier alpha value is -0.810. The van der Waals surface area contributed by atoms with E-state index in [0.29, 0.717) is 35.6 Å². The molecule has 1 heterocycles. The van der Waals surface area contributed by atoms with Crippen LogP contribution in [0.4, 0.5) is 0 Å². The highest BCUT2D eigenvalue weighted by Crippen LogP contribution is 2.62. The van der Waals surface area contributed by atoms with Crippen LogP contribution in [-0.4, -0.2) is 51.0 Å². The normalized spacial score (nSPS) is 43.1. The first-order valence-electron chi connectivity index (χ1n) is 9.17. The molecule has 0 aromatic rings. The van der Waals surface area contributed by atoms with E-state index < -0.39 is 0 Å². The average molecular weight is 321 g/mol. The lowest BCUT2D eigenvalue weighted by atomic mass is 9.46. The highest BCUT2D eigenvalue weighted by Gasteiger charge is 2.66. The molecule has 0 radical (unpaired) electrons. The monoisotopic (exact) mass is 321 g/mol. The van der Waals surface area contributed by atoms with E-state index in [2.05, 4.69) is 29.5 Å². The van der Waals surface area contributed by atoms with Gasteiger partial charge in [-0.05, 0) is 25.7 Å². The third-order valence-corrected chi connectivity index (χ3v) is 7.33. The van der Waals surface area contributed by atoms with Crippen LogP contribution in [0.1, 0.15) is 46.0 Å². The van der Waals surface area contributed by atoms with Crippen molar-refractivity contribution < 1.29 is 9.47 Å². The molecule has 23 heavy (non-hydrogen) atoms. The van der Waals surface area contributed by atoms with Gasteiger partial charge in [0, 0.05) is 49.6 Å². The van der Waals surface area contributed by atoms with Gasteiger partial charge in [-0.2, -0.15) is 0 Å². The topological polar surface area (TPSA) is 54.9 Å². The zero-order chi connectivity index (χ0) is 16.2. The largest absolute Gasteiger partial charge is 0.381 e. The van der Waals surface area contributed by atoms with Crippen LogP contribution in [0.5, 0.6) is 0 Å². The van der Waals surface area contributed by atoms with E-state index in [-0.39, 0.29) is 5.41 Å². The fourth-order valence-corrected chi connectivity index (χ4v) is 5.47. The van der Waals surface area contributed by atoms with Crippen molar-refractivity contribution in [2.24, 2.45) is 21.7 Å². The summed E-state index contributed by atoms with van der Waals surface area (Å²) in [5.74, 6) is 1.63. The number of ether oxygens (including phenoxy) is 2. The number of aliphatic imine (C=N–C) groups is 1. The number of rotatable bonds is 3. The van der Waals surface area contributed by atoms with Crippen molar-refractivity contribution in [3.05, 3.63) is 0 Å². The summed E-state index contributed by atoms with van der Waals surface area (Å²) in [6.07, 6.45) is 7.06. The molecule has 4 rings (SSSR count). The molecule has 0 bridgehead atoms. The zero-order valence-corrected chi connectivity index (χ0v) is 14.9. The van der Waals surface area contributed by atoms with Gasteiger partial charge in [-0.25, -0.2) is 0 Å². The number of hydrogen-bond donors (Lipinski definition) is 2. The van der Waals surface area contributed by atoms with Gasteiger partial charge in [-0.1, -0.05) is 20.3 Å². The minimum absolute atomic E-state index is 0.152. The van der Waals surface area contributed by atoms with Gasteiger partial charge in [-0.15, -0.1) is 0 Å². The summed E-state index contributed by atoms with van der Waals surface area (Å²) >= 11 is 0. The number of fused-ring (bicyclic) bond motifs is 2. The van der Waals surface area contributed by atoms with Gasteiger partial charge in [0.25, 0.3) is 0 Å². The average Bonchev–Trinajstić information content (AvgIpc) is 2.89. The summed E-state index contributed by atoms with van der Waals surface area (Å²) in [4.78, 5) is 4.50. The second kappa shape index (κ2) is 5.35. The molecule has 4 aliphatic rings. The van der Waals surface area contributed by atoms with Gasteiger partial charge >= 0.3 is 0 Å². The first-order chi connectivity index (χ1) is 11.0. The third kappa shape index (κ3) is 2.08. The summed E-state index contributed by atoms with van der Waals surface area (Å²) < 4.78 is 11.6. The SMILES string of the molecule is CN=C(NC1CC(OC)C1(C)C)NC1C2CCOC2C12CCC2. The van der Waals surface area contributed by atoms with Gasteiger partial charge in [-0.3, -0.25) is 4.99 Å². The van der Waals surface area contributed by atoms with Gasteiger partial charge in [0.2, 0.25) is 0 Å². The Morgan fingerprint density at radius 1 is 1.26 bits per heavy atom. The Balaban J connectivity index is 1.40. The molecule has 5 heteroatoms. The lowest BCUT2D eigenvalue weighted by Gasteiger charge is -2.63. The highest BCUT2D eigenvalue weighted by atomic mass is 16.5. The van der Waals surface area contributed by atoms with Crippen LogP contribution in [0.2, 0.25) is 0 Å². The molecule has 5 nitrogen and oxygen atoms in total. The second-order valence-electron chi connectivity index (χ2n) is 8.50. The first-order valence-corrected chi connectivity index (χ1v) is 9.17. The van der Waals surface area contributed by atoms with Gasteiger partial charge < -0.3 is 20.1 Å². The van der Waals surface area contributed by atoms with Crippen LogP contribution in [0.3, 0.4) is 0 Å². The maximum absolute atomic E-state index is 6.01. The van der Waals surface area contributed by atoms with Crippen molar-refractivity contribution in [1.29, 1.82) is 0 Å². The number of nitrogens with zero attached hydrogens (tertiary/aromatic N) is 1. The molecule has 0 aromatic heterocycles. The molecular weight excluding hydrogens is 290 g/mol. The van der Waals surface area contributed by atoms with Crippen molar-refractivity contribution in [3.63, 3.8) is 0 Å². The Morgan fingerprint density at radius 2 is 2.04 bits per heavy atom. The van der Waals surface area contributed by atoms with Gasteiger partial charge in [0.15, 0.2) is 5.96 Å². The maximum atomic E-state index is 6.01. The Bertz CT molecular complexity index is 500. The molecule has 0 amide bonds. The molecular formula is C18H31N3O2. The molecule has 3 saturated carbocycles. The van der Waals surface area contributed by atoms with Crippen LogP contribution in [0.15, 0.2) is 4.99 Å². The Kier molecular flexibility index (Phi) is 3.65. The van der Waals surface area contributed by atoms with Crippen molar-refractivity contribution in [1.82, 2.24) is 10.6 Å². The standard InChI is InChI=1S/C18H31N3O2/c1-17(2)12(10-13(17)22-4)20-16(19-3)21-14-11-6-9-23-15(11)18(14)7-5-8-18/h11-15H,5-10H2,1-4H3,(H2,19,20,21). The molecule has 1 spiro atoms. The quantitative estimate of drug-likeness (QED) is 0.616. The van der Waals surface area contributed by atoms with Crippen LogP contribution < -0.4 is 10.6 Å². The summed E-state index contributed by atoms with van der Waals surface area (Å²) in [5, 5.41) is 7.40. The van der Waals surface area contributed by atoms with Crippen molar-refractivity contribution in [2.75, 3.05) is 20.8 Å². The number of guanidine groups is 1. The molecule has 5 atom stereocenters. The van der Waals surface area contributed by atoms with Crippen molar-refractivity contribution in [2.45, 2.75) is 70.2 Å². The van der Waals surface area contributed by atoms with Crippen molar-refractivity contribution in [3.8, 4) is 0 Å². The molecule has 130 valence electrons. The summed E-state index contributed by atoms with van der Waals surface area (Å²) in [6.45, 7) is 5.48. The van der Waals surface area contributed by atoms with E-state index in [4.69, 9.17) is 9.47 Å². The summed E-state index contributed by atoms with van der Waals surface area (Å²) in [7, 11) is 3.69. The third-order valence-electron chi connectivity index (χ3n) is 7.33. The van der Waals surface area contributed by atoms with E-state index in [0.717, 1.165) is 19.0 Å². The van der Waals surface area contributed by atoms with E-state index in [1.165, 1.54) is 25.7 Å². The van der Waals surface area contributed by atoms with Gasteiger partial charge in [0.1, 0.15) is 0 Å². The van der Waals surface area contributed by atoms with Crippen LogP contribution >= 0.6 is 0 Å². The fourth-order valence-electron chi connectivity index (χ4n) is 5.47. The minimum Gasteiger partial charge on any atom is -0.381 e. The highest BCUT2D eigenvalue weighted by molar-refractivity contribution is 5.81. The van der Waals surface area contributed by atoms with Crippen LogP contribution in [-0.2, 0) is 9.47 Å². The van der Waals surface area contributed by atoms with Crippen LogP contribution in [0, 0.1) is 16.7 Å². The number of nitrogens with one attached hydrogen (secondary N) is 2. The molecule has 1 saturated heterocycles. The first kappa shape index (κ1) is 15.7. The lowest BCUT2D eigenvalue weighted by molar-refractivity contribution is -0.171. The number of hydrogen-bond acceptors (Lipinski definition) is 3. The predicted molar refractivity (Wildman–Crippen MR) is 90.5 cm³/mol. The molecule has 1 aliphatic heterocycles. The van der Waals surface area contributed by atoms with E-state index >= 15 is 0 Å². The predicted octanol–water partition coefficient (Wildman–Crippen LogP) is 1.92. The van der Waals surface area contributed by atoms with E-state index in [1.807, 2.05) is 14.2 Å². The molecule has 4 fully saturated rings. The molecule has 2 N–H and O–H groups in total. The van der Waals surface area contributed by atoms with E-state index in [9.17, 15) is 0 Å². The fraction of sp³-hybridized carbons (Fsp3) is 0.944. The second-order valence-corrected chi connectivity index (χ2v) is 8.50. The smallest absolute Gasteiger partial charge is 0.191 e. The minimum atomic E-state index is 0.152. The zero-order valence-electron chi connectivity index (χ0n) is 14.9. The summed E-state index contributed by atoms with van der Waals surface area (Å²) in [5.41, 5.74) is 0.544. The lowest BCUT2D eigenvalue weighted by Crippen LogP contribution is -2.73. The molecule has 3 aliphatic carbocycles. The summed E-state index contributed by atoms with van der Waals surface area (Å²) in [6, 6.07) is 0.961. The number of methoxy groups -OCH3 is 1.